The zero-order valence-electron chi connectivity index (χ0n) is 12.5. The molecular formula is C19H25NO. The second kappa shape index (κ2) is 7.96. The van der Waals surface area contributed by atoms with Crippen LogP contribution in [0.2, 0.25) is 0 Å². The summed E-state index contributed by atoms with van der Waals surface area (Å²) in [5.41, 5.74) is 8.53. The first-order chi connectivity index (χ1) is 10.3. The van der Waals surface area contributed by atoms with Crippen molar-refractivity contribution in [3.05, 3.63) is 71.8 Å². The molecule has 2 aromatic rings. The minimum absolute atomic E-state index is 0.0492. The molecule has 0 saturated carbocycles. The van der Waals surface area contributed by atoms with Crippen molar-refractivity contribution in [2.75, 3.05) is 13.2 Å². The van der Waals surface area contributed by atoms with Crippen LogP contribution in [0.15, 0.2) is 60.7 Å². The van der Waals surface area contributed by atoms with Crippen LogP contribution in [0, 0.1) is 0 Å². The molecule has 0 saturated heterocycles. The number of benzene rings is 2. The molecule has 0 fully saturated rings. The highest BCUT2D eigenvalue weighted by Crippen LogP contribution is 2.39. The number of aliphatic hydroxyl groups is 1. The van der Waals surface area contributed by atoms with Crippen LogP contribution in [0.5, 0.6) is 0 Å². The molecular weight excluding hydrogens is 258 g/mol. The second-order valence-electron chi connectivity index (χ2n) is 5.53. The van der Waals surface area contributed by atoms with Gasteiger partial charge < -0.3 is 10.8 Å². The highest BCUT2D eigenvalue weighted by atomic mass is 16.2. The van der Waals surface area contributed by atoms with Crippen molar-refractivity contribution in [1.82, 2.24) is 0 Å². The lowest BCUT2D eigenvalue weighted by molar-refractivity contribution is 0.275. The lowest BCUT2D eigenvalue weighted by Gasteiger charge is -2.35. The first-order valence-corrected chi connectivity index (χ1v) is 7.75. The Morgan fingerprint density at radius 3 is 1.71 bits per heavy atom. The average molecular weight is 283 g/mol. The summed E-state index contributed by atoms with van der Waals surface area (Å²) >= 11 is 0. The molecule has 0 aliphatic carbocycles. The number of rotatable bonds is 8. The molecule has 0 aliphatic rings. The summed E-state index contributed by atoms with van der Waals surface area (Å²) < 4.78 is 0. The van der Waals surface area contributed by atoms with Crippen LogP contribution in [-0.4, -0.2) is 18.3 Å². The molecule has 0 unspecified atom stereocenters. The molecule has 3 N–H and O–H groups in total. The first kappa shape index (κ1) is 15.7. The van der Waals surface area contributed by atoms with Crippen LogP contribution in [0.1, 0.15) is 36.8 Å². The van der Waals surface area contributed by atoms with Crippen LogP contribution in [0.4, 0.5) is 0 Å². The quantitative estimate of drug-likeness (QED) is 0.729. The van der Waals surface area contributed by atoms with E-state index in [9.17, 15) is 0 Å². The Labute approximate surface area is 127 Å². The predicted molar refractivity (Wildman–Crippen MR) is 88.3 cm³/mol. The molecule has 0 spiro atoms. The minimum Gasteiger partial charge on any atom is -0.396 e. The number of aliphatic hydroxyl groups excluding tert-OH is 1. The lowest BCUT2D eigenvalue weighted by Crippen LogP contribution is -2.31. The van der Waals surface area contributed by atoms with E-state index in [0.717, 1.165) is 25.7 Å². The molecule has 0 bridgehead atoms. The van der Waals surface area contributed by atoms with Gasteiger partial charge in [-0.05, 0) is 43.4 Å². The van der Waals surface area contributed by atoms with Gasteiger partial charge in [-0.25, -0.2) is 0 Å². The predicted octanol–water partition coefficient (Wildman–Crippen LogP) is 3.48. The van der Waals surface area contributed by atoms with E-state index in [2.05, 4.69) is 60.7 Å². The fourth-order valence-electron chi connectivity index (χ4n) is 3.17. The van der Waals surface area contributed by atoms with E-state index >= 15 is 0 Å². The number of hydrogen-bond donors (Lipinski definition) is 2. The van der Waals surface area contributed by atoms with E-state index in [1.807, 2.05) is 0 Å². The Balaban J connectivity index is 2.44. The fraction of sp³-hybridized carbons (Fsp3) is 0.368. The minimum atomic E-state index is -0.0492. The molecule has 0 aromatic heterocycles. The molecule has 0 heterocycles. The summed E-state index contributed by atoms with van der Waals surface area (Å²) in [6, 6.07) is 21.3. The third kappa shape index (κ3) is 3.72. The average Bonchev–Trinajstić information content (AvgIpc) is 2.56. The summed E-state index contributed by atoms with van der Waals surface area (Å²) in [5.74, 6) is 0. The monoisotopic (exact) mass is 283 g/mol. The van der Waals surface area contributed by atoms with E-state index in [1.54, 1.807) is 0 Å². The van der Waals surface area contributed by atoms with Crippen LogP contribution in [-0.2, 0) is 5.41 Å². The Kier molecular flexibility index (Phi) is 5.97. The van der Waals surface area contributed by atoms with Crippen molar-refractivity contribution in [1.29, 1.82) is 0 Å². The molecule has 0 radical (unpaired) electrons. The smallest absolute Gasteiger partial charge is 0.0431 e. The number of unbranched alkanes of at least 4 members (excludes halogenated alkanes) is 1. The zero-order valence-corrected chi connectivity index (χ0v) is 12.5. The van der Waals surface area contributed by atoms with E-state index in [-0.39, 0.29) is 12.0 Å². The molecule has 21 heavy (non-hydrogen) atoms. The van der Waals surface area contributed by atoms with Crippen molar-refractivity contribution >= 4 is 0 Å². The summed E-state index contributed by atoms with van der Waals surface area (Å²) in [5, 5.41) is 9.11. The molecule has 112 valence electrons. The van der Waals surface area contributed by atoms with E-state index in [0.29, 0.717) is 6.54 Å². The Morgan fingerprint density at radius 2 is 1.29 bits per heavy atom. The van der Waals surface area contributed by atoms with E-state index < -0.39 is 0 Å². The SMILES string of the molecule is NCCC(CCCCO)(c1ccccc1)c1ccccc1. The summed E-state index contributed by atoms with van der Waals surface area (Å²) in [6.45, 7) is 0.908. The van der Waals surface area contributed by atoms with Gasteiger partial charge in [0.1, 0.15) is 0 Å². The standard InChI is InChI=1S/C19H25NO/c20-15-14-19(13-7-8-16-21,17-9-3-1-4-10-17)18-11-5-2-6-12-18/h1-6,9-12,21H,7-8,13-16,20H2. The van der Waals surface area contributed by atoms with Gasteiger partial charge in [0, 0.05) is 12.0 Å². The van der Waals surface area contributed by atoms with Crippen LogP contribution in [0.3, 0.4) is 0 Å². The van der Waals surface area contributed by atoms with Crippen molar-refractivity contribution in [2.24, 2.45) is 5.73 Å². The molecule has 0 atom stereocenters. The van der Waals surface area contributed by atoms with Gasteiger partial charge in [0.05, 0.1) is 0 Å². The van der Waals surface area contributed by atoms with E-state index in [1.165, 1.54) is 11.1 Å². The van der Waals surface area contributed by atoms with Gasteiger partial charge in [0.15, 0.2) is 0 Å². The Hall–Kier alpha value is -1.64. The molecule has 2 heteroatoms. The lowest BCUT2D eigenvalue weighted by atomic mass is 9.69. The third-order valence-electron chi connectivity index (χ3n) is 4.24. The van der Waals surface area contributed by atoms with Gasteiger partial charge in [-0.1, -0.05) is 60.7 Å². The first-order valence-electron chi connectivity index (χ1n) is 7.75. The number of hydrogen-bond acceptors (Lipinski definition) is 2. The van der Waals surface area contributed by atoms with Crippen LogP contribution < -0.4 is 5.73 Å². The van der Waals surface area contributed by atoms with Crippen molar-refractivity contribution in [3.8, 4) is 0 Å². The normalized spacial score (nSPS) is 11.5. The van der Waals surface area contributed by atoms with Crippen molar-refractivity contribution < 1.29 is 5.11 Å². The maximum absolute atomic E-state index is 9.11. The maximum Gasteiger partial charge on any atom is 0.0431 e. The highest BCUT2D eigenvalue weighted by molar-refractivity contribution is 5.39. The summed E-state index contributed by atoms with van der Waals surface area (Å²) in [4.78, 5) is 0. The molecule has 0 amide bonds. The molecule has 2 nitrogen and oxygen atoms in total. The van der Waals surface area contributed by atoms with Crippen molar-refractivity contribution in [3.63, 3.8) is 0 Å². The topological polar surface area (TPSA) is 46.2 Å². The molecule has 0 aliphatic heterocycles. The van der Waals surface area contributed by atoms with Gasteiger partial charge in [-0.15, -0.1) is 0 Å². The largest absolute Gasteiger partial charge is 0.396 e. The van der Waals surface area contributed by atoms with Crippen LogP contribution in [0.25, 0.3) is 0 Å². The van der Waals surface area contributed by atoms with Gasteiger partial charge in [0.2, 0.25) is 0 Å². The van der Waals surface area contributed by atoms with Crippen LogP contribution >= 0.6 is 0 Å². The second-order valence-corrected chi connectivity index (χ2v) is 5.53. The number of nitrogens with two attached hydrogens (primary N) is 1. The van der Waals surface area contributed by atoms with E-state index in [4.69, 9.17) is 10.8 Å². The van der Waals surface area contributed by atoms with Crippen molar-refractivity contribution in [2.45, 2.75) is 31.1 Å². The highest BCUT2D eigenvalue weighted by Gasteiger charge is 2.32. The third-order valence-corrected chi connectivity index (χ3v) is 4.24. The Bertz CT molecular complexity index is 470. The molecule has 2 rings (SSSR count). The summed E-state index contributed by atoms with van der Waals surface area (Å²) in [7, 11) is 0. The van der Waals surface area contributed by atoms with Gasteiger partial charge in [0.25, 0.3) is 0 Å². The van der Waals surface area contributed by atoms with Gasteiger partial charge in [-0.2, -0.15) is 0 Å². The van der Waals surface area contributed by atoms with Gasteiger partial charge in [-0.3, -0.25) is 0 Å². The zero-order chi connectivity index (χ0) is 15.0. The summed E-state index contributed by atoms with van der Waals surface area (Å²) in [6.07, 6.45) is 3.78. The molecule has 2 aromatic carbocycles. The van der Waals surface area contributed by atoms with Gasteiger partial charge >= 0.3 is 0 Å². The Morgan fingerprint density at radius 1 is 0.762 bits per heavy atom. The fourth-order valence-corrected chi connectivity index (χ4v) is 3.17. The maximum atomic E-state index is 9.11.